The highest BCUT2D eigenvalue weighted by Crippen LogP contribution is 2.41. The first-order valence-corrected chi connectivity index (χ1v) is 12.3. The van der Waals surface area contributed by atoms with E-state index in [1.807, 2.05) is 32.3 Å². The van der Waals surface area contributed by atoms with Gasteiger partial charge >= 0.3 is 0 Å². The van der Waals surface area contributed by atoms with Crippen molar-refractivity contribution < 1.29 is 14.3 Å². The highest BCUT2D eigenvalue weighted by molar-refractivity contribution is 7.19. The van der Waals surface area contributed by atoms with Crippen molar-refractivity contribution in [1.82, 2.24) is 24.5 Å². The lowest BCUT2D eigenvalue weighted by Crippen LogP contribution is -2.37. The smallest absolute Gasteiger partial charge is 0.225 e. The van der Waals surface area contributed by atoms with Gasteiger partial charge in [-0.25, -0.2) is 14.5 Å². The molecule has 0 saturated carbocycles. The normalized spacial score (nSPS) is 15.4. The predicted molar refractivity (Wildman–Crippen MR) is 132 cm³/mol. The van der Waals surface area contributed by atoms with Crippen LogP contribution in [0.4, 0.5) is 11.5 Å². The molecule has 0 saturated heterocycles. The zero-order valence-electron chi connectivity index (χ0n) is 19.6. The summed E-state index contributed by atoms with van der Waals surface area (Å²) in [5, 5.41) is 8.78. The van der Waals surface area contributed by atoms with Gasteiger partial charge in [-0.3, -0.25) is 4.79 Å². The van der Waals surface area contributed by atoms with E-state index in [1.54, 1.807) is 40.4 Å². The SMILES string of the molecule is CCOCCN(C)C(=O)[C@H]1CCc2c(sc3ncnc(Nc4ccn5nccc5c4OC)c23)C1. The van der Waals surface area contributed by atoms with Crippen LogP contribution in [0.1, 0.15) is 23.8 Å². The zero-order chi connectivity index (χ0) is 23.7. The average molecular weight is 481 g/mol. The van der Waals surface area contributed by atoms with E-state index in [0.717, 1.165) is 46.5 Å². The van der Waals surface area contributed by atoms with Crippen molar-refractivity contribution in [3.8, 4) is 5.75 Å². The molecule has 4 heterocycles. The topological polar surface area (TPSA) is 93.9 Å². The number of hydrogen-bond donors (Lipinski definition) is 1. The molecule has 0 spiro atoms. The van der Waals surface area contributed by atoms with Crippen molar-refractivity contribution in [2.45, 2.75) is 26.2 Å². The van der Waals surface area contributed by atoms with Gasteiger partial charge in [0.15, 0.2) is 5.75 Å². The number of rotatable bonds is 8. The number of aromatic nitrogens is 4. The Balaban J connectivity index is 1.42. The van der Waals surface area contributed by atoms with Crippen molar-refractivity contribution in [2.75, 3.05) is 39.2 Å². The van der Waals surface area contributed by atoms with Gasteiger partial charge in [0, 0.05) is 37.2 Å². The van der Waals surface area contributed by atoms with E-state index < -0.39 is 0 Å². The van der Waals surface area contributed by atoms with Crippen molar-refractivity contribution >= 4 is 44.5 Å². The third-order valence-electron chi connectivity index (χ3n) is 6.33. The summed E-state index contributed by atoms with van der Waals surface area (Å²) in [5.41, 5.74) is 2.93. The maximum absolute atomic E-state index is 13.0. The first-order chi connectivity index (χ1) is 16.6. The maximum Gasteiger partial charge on any atom is 0.225 e. The Labute approximate surface area is 201 Å². The standard InChI is InChI=1S/C24H28N6O3S/c1-4-33-12-11-29(2)24(31)15-5-6-16-19(13-15)34-23-20(16)22(25-14-26-23)28-17-8-10-30-18(7-9-27-30)21(17)32-3/h7-10,14-15H,4-6,11-13H2,1-3H3,(H,25,26,28)/t15-/m0/s1. The molecule has 0 aromatic carbocycles. The number of methoxy groups -OCH3 is 1. The average Bonchev–Trinajstić information content (AvgIpc) is 3.48. The summed E-state index contributed by atoms with van der Waals surface area (Å²) in [5.74, 6) is 1.63. The Kier molecular flexibility index (Phi) is 6.34. The molecular formula is C24H28N6O3S. The largest absolute Gasteiger partial charge is 0.492 e. The minimum atomic E-state index is -0.0130. The summed E-state index contributed by atoms with van der Waals surface area (Å²) in [6, 6.07) is 3.84. The summed E-state index contributed by atoms with van der Waals surface area (Å²) in [7, 11) is 3.51. The minimum absolute atomic E-state index is 0.0130. The van der Waals surface area contributed by atoms with E-state index in [2.05, 4.69) is 20.4 Å². The molecule has 0 bridgehead atoms. The van der Waals surface area contributed by atoms with Crippen LogP contribution in [0.2, 0.25) is 0 Å². The number of aryl methyl sites for hydroxylation is 1. The summed E-state index contributed by atoms with van der Waals surface area (Å²) < 4.78 is 12.9. The van der Waals surface area contributed by atoms with Gasteiger partial charge < -0.3 is 19.7 Å². The Bertz CT molecular complexity index is 1330. The number of hydrogen-bond acceptors (Lipinski definition) is 8. The summed E-state index contributed by atoms with van der Waals surface area (Å²) >= 11 is 1.66. The molecule has 1 atom stereocenters. The summed E-state index contributed by atoms with van der Waals surface area (Å²) in [4.78, 5) is 26.1. The lowest BCUT2D eigenvalue weighted by molar-refractivity contribution is -0.135. The lowest BCUT2D eigenvalue weighted by Gasteiger charge is -2.26. The number of nitrogens with zero attached hydrogens (tertiary/aromatic N) is 5. The summed E-state index contributed by atoms with van der Waals surface area (Å²) in [6.45, 7) is 3.81. The van der Waals surface area contributed by atoms with Crippen LogP contribution in [-0.2, 0) is 22.4 Å². The van der Waals surface area contributed by atoms with Crippen molar-refractivity contribution in [3.05, 3.63) is 41.3 Å². The second-order valence-electron chi connectivity index (χ2n) is 8.35. The monoisotopic (exact) mass is 480 g/mol. The number of pyridine rings is 1. The van der Waals surface area contributed by atoms with Crippen LogP contribution in [0, 0.1) is 5.92 Å². The number of likely N-dealkylation sites (N-methyl/N-ethyl adjacent to an activating group) is 1. The van der Waals surface area contributed by atoms with E-state index in [0.29, 0.717) is 25.5 Å². The Hall–Kier alpha value is -3.24. The molecule has 0 unspecified atom stereocenters. The molecule has 9 nitrogen and oxygen atoms in total. The van der Waals surface area contributed by atoms with E-state index in [4.69, 9.17) is 9.47 Å². The molecule has 1 amide bonds. The number of anilines is 2. The fraction of sp³-hybridized carbons (Fsp3) is 0.417. The van der Waals surface area contributed by atoms with Crippen LogP contribution in [0.5, 0.6) is 5.75 Å². The zero-order valence-corrected chi connectivity index (χ0v) is 20.4. The molecule has 0 radical (unpaired) electrons. The number of carbonyl (C=O) groups excluding carboxylic acids is 1. The number of carbonyl (C=O) groups is 1. The molecule has 1 aliphatic rings. The molecule has 5 rings (SSSR count). The van der Waals surface area contributed by atoms with Gasteiger partial charge in [0.05, 0.1) is 31.0 Å². The van der Waals surface area contributed by atoms with Gasteiger partial charge in [-0.15, -0.1) is 11.3 Å². The van der Waals surface area contributed by atoms with Gasteiger partial charge in [0.25, 0.3) is 0 Å². The Morgan fingerprint density at radius 3 is 3.06 bits per heavy atom. The Morgan fingerprint density at radius 1 is 1.35 bits per heavy atom. The third-order valence-corrected chi connectivity index (χ3v) is 7.50. The summed E-state index contributed by atoms with van der Waals surface area (Å²) in [6.07, 6.45) is 7.59. The van der Waals surface area contributed by atoms with Gasteiger partial charge in [-0.2, -0.15) is 5.10 Å². The fourth-order valence-electron chi connectivity index (χ4n) is 4.60. The van der Waals surface area contributed by atoms with Crippen LogP contribution in [-0.4, -0.2) is 64.3 Å². The highest BCUT2D eigenvalue weighted by Gasteiger charge is 2.30. The van der Waals surface area contributed by atoms with Crippen LogP contribution >= 0.6 is 11.3 Å². The lowest BCUT2D eigenvalue weighted by atomic mass is 9.87. The van der Waals surface area contributed by atoms with Gasteiger partial charge in [0.2, 0.25) is 5.91 Å². The maximum atomic E-state index is 13.0. The molecule has 34 heavy (non-hydrogen) atoms. The van der Waals surface area contributed by atoms with Gasteiger partial charge in [-0.05, 0) is 43.9 Å². The predicted octanol–water partition coefficient (Wildman–Crippen LogP) is 3.69. The van der Waals surface area contributed by atoms with Gasteiger partial charge in [0.1, 0.15) is 22.5 Å². The molecule has 1 aliphatic carbocycles. The van der Waals surface area contributed by atoms with Crippen molar-refractivity contribution in [1.29, 1.82) is 0 Å². The molecule has 0 aliphatic heterocycles. The van der Waals surface area contributed by atoms with Crippen molar-refractivity contribution in [2.24, 2.45) is 5.92 Å². The molecular weight excluding hydrogens is 452 g/mol. The molecule has 4 aromatic rings. The van der Waals surface area contributed by atoms with E-state index >= 15 is 0 Å². The van der Waals surface area contributed by atoms with Crippen LogP contribution < -0.4 is 10.1 Å². The van der Waals surface area contributed by atoms with Gasteiger partial charge in [-0.1, -0.05) is 0 Å². The number of amides is 1. The quantitative estimate of drug-likeness (QED) is 0.384. The molecule has 10 heteroatoms. The minimum Gasteiger partial charge on any atom is -0.492 e. The third kappa shape index (κ3) is 4.07. The number of fused-ring (bicyclic) bond motifs is 4. The highest BCUT2D eigenvalue weighted by atomic mass is 32.1. The molecule has 1 N–H and O–H groups in total. The number of ether oxygens (including phenoxy) is 2. The van der Waals surface area contributed by atoms with E-state index in [1.165, 1.54) is 10.4 Å². The first-order valence-electron chi connectivity index (χ1n) is 11.5. The van der Waals surface area contributed by atoms with E-state index in [-0.39, 0.29) is 11.8 Å². The fourth-order valence-corrected chi connectivity index (χ4v) is 5.86. The molecule has 178 valence electrons. The molecule has 4 aromatic heterocycles. The first kappa shape index (κ1) is 22.5. The second-order valence-corrected chi connectivity index (χ2v) is 9.43. The van der Waals surface area contributed by atoms with Crippen LogP contribution in [0.3, 0.4) is 0 Å². The van der Waals surface area contributed by atoms with E-state index in [9.17, 15) is 4.79 Å². The van der Waals surface area contributed by atoms with Crippen LogP contribution in [0.25, 0.3) is 15.7 Å². The number of nitrogens with one attached hydrogen (secondary N) is 1. The number of thiophene rings is 1. The molecule has 0 fully saturated rings. The second kappa shape index (κ2) is 9.55. The van der Waals surface area contributed by atoms with Crippen LogP contribution in [0.15, 0.2) is 30.9 Å². The van der Waals surface area contributed by atoms with Crippen molar-refractivity contribution in [3.63, 3.8) is 0 Å². The Morgan fingerprint density at radius 2 is 2.24 bits per heavy atom.